The van der Waals surface area contributed by atoms with Crippen molar-refractivity contribution in [2.45, 2.75) is 18.9 Å². The van der Waals surface area contributed by atoms with E-state index in [1.165, 1.54) is 12.8 Å². The third kappa shape index (κ3) is 2.19. The molecule has 1 heterocycles. The second-order valence-electron chi connectivity index (χ2n) is 3.29. The lowest BCUT2D eigenvalue weighted by Crippen LogP contribution is -2.39. The lowest BCUT2D eigenvalue weighted by atomic mass is 10.1. The molecule has 11 heavy (non-hydrogen) atoms. The van der Waals surface area contributed by atoms with Gasteiger partial charge in [0, 0.05) is 25.8 Å². The van der Waals surface area contributed by atoms with Crippen LogP contribution in [0.3, 0.4) is 0 Å². The lowest BCUT2D eigenvalue weighted by molar-refractivity contribution is 0.150. The zero-order valence-corrected chi connectivity index (χ0v) is 7.45. The number of nitrogens with zero attached hydrogens (tertiary/aromatic N) is 3. The smallest absolute Gasteiger partial charge is 0.0374 e. The normalized spacial score (nSPS) is 20.8. The van der Waals surface area contributed by atoms with Gasteiger partial charge in [0.25, 0.3) is 0 Å². The first-order chi connectivity index (χ1) is 5.24. The van der Waals surface area contributed by atoms with E-state index in [2.05, 4.69) is 30.8 Å². The highest BCUT2D eigenvalue weighted by Gasteiger charge is 2.18. The average Bonchev–Trinajstić information content (AvgIpc) is 2.05. The minimum Gasteiger partial charge on any atom is -0.306 e. The van der Waals surface area contributed by atoms with Crippen molar-refractivity contribution in [1.82, 2.24) is 9.91 Å². The minimum atomic E-state index is 0.744. The first kappa shape index (κ1) is 8.53. The summed E-state index contributed by atoms with van der Waals surface area (Å²) in [4.78, 5) is 2.29. The molecule has 0 spiro atoms. The quantitative estimate of drug-likeness (QED) is 0.545. The summed E-state index contributed by atoms with van der Waals surface area (Å²) >= 11 is 0. The van der Waals surface area contributed by atoms with E-state index in [1.807, 2.05) is 5.01 Å². The Morgan fingerprint density at radius 3 is 2.27 bits per heavy atom. The molecule has 0 radical (unpaired) electrons. The van der Waals surface area contributed by atoms with Gasteiger partial charge in [-0.1, -0.05) is 0 Å². The van der Waals surface area contributed by atoms with Crippen molar-refractivity contribution in [3.05, 3.63) is 0 Å². The van der Waals surface area contributed by atoms with Crippen molar-refractivity contribution >= 4 is 6.72 Å². The van der Waals surface area contributed by atoms with Crippen LogP contribution in [0.1, 0.15) is 12.8 Å². The van der Waals surface area contributed by atoms with E-state index in [0.717, 1.165) is 19.1 Å². The number of hydrogen-bond donors (Lipinski definition) is 0. The van der Waals surface area contributed by atoms with Crippen molar-refractivity contribution < 1.29 is 0 Å². The molecule has 64 valence electrons. The van der Waals surface area contributed by atoms with Crippen molar-refractivity contribution in [1.29, 1.82) is 0 Å². The highest BCUT2D eigenvalue weighted by atomic mass is 15.4. The van der Waals surface area contributed by atoms with Crippen molar-refractivity contribution in [3.8, 4) is 0 Å². The van der Waals surface area contributed by atoms with Crippen LogP contribution in [-0.4, -0.2) is 49.9 Å². The Hall–Kier alpha value is -0.570. The van der Waals surface area contributed by atoms with Crippen LogP contribution < -0.4 is 0 Å². The highest BCUT2D eigenvalue weighted by molar-refractivity contribution is 5.22. The summed E-state index contributed by atoms with van der Waals surface area (Å²) in [5.74, 6) is 0. The summed E-state index contributed by atoms with van der Waals surface area (Å²) in [6, 6.07) is 0.744. The molecule has 1 saturated heterocycles. The monoisotopic (exact) mass is 155 g/mol. The Morgan fingerprint density at radius 2 is 1.91 bits per heavy atom. The summed E-state index contributed by atoms with van der Waals surface area (Å²) in [5.41, 5.74) is 0. The maximum absolute atomic E-state index is 3.91. The number of rotatable bonds is 2. The molecule has 0 aromatic heterocycles. The zero-order chi connectivity index (χ0) is 8.27. The summed E-state index contributed by atoms with van der Waals surface area (Å²) in [5, 5.41) is 5.95. The van der Waals surface area contributed by atoms with Gasteiger partial charge in [0.2, 0.25) is 0 Å². The van der Waals surface area contributed by atoms with Crippen LogP contribution in [0, 0.1) is 0 Å². The van der Waals surface area contributed by atoms with Gasteiger partial charge in [0.15, 0.2) is 0 Å². The maximum Gasteiger partial charge on any atom is 0.0374 e. The SMILES string of the molecule is C=NN1CCC(N(C)C)CC1. The Kier molecular flexibility index (Phi) is 2.88. The van der Waals surface area contributed by atoms with Gasteiger partial charge in [-0.05, 0) is 26.9 Å². The van der Waals surface area contributed by atoms with E-state index >= 15 is 0 Å². The molecule has 0 aromatic rings. The fourth-order valence-corrected chi connectivity index (χ4v) is 1.51. The van der Waals surface area contributed by atoms with Crippen LogP contribution in [0.15, 0.2) is 5.10 Å². The lowest BCUT2D eigenvalue weighted by Gasteiger charge is -2.33. The van der Waals surface area contributed by atoms with Crippen molar-refractivity contribution in [2.75, 3.05) is 27.2 Å². The Labute approximate surface area is 68.7 Å². The molecule has 0 unspecified atom stereocenters. The Morgan fingerprint density at radius 1 is 1.36 bits per heavy atom. The van der Waals surface area contributed by atoms with Gasteiger partial charge in [0.05, 0.1) is 0 Å². The van der Waals surface area contributed by atoms with E-state index in [1.54, 1.807) is 0 Å². The molecular formula is C8H17N3. The summed E-state index contributed by atoms with van der Waals surface area (Å²) in [7, 11) is 4.28. The van der Waals surface area contributed by atoms with Crippen molar-refractivity contribution in [2.24, 2.45) is 5.10 Å². The molecule has 1 aliphatic rings. The molecule has 0 N–H and O–H groups in total. The predicted octanol–water partition coefficient (Wildman–Crippen LogP) is 0.628. The van der Waals surface area contributed by atoms with E-state index in [9.17, 15) is 0 Å². The van der Waals surface area contributed by atoms with Crippen LogP contribution in [0.25, 0.3) is 0 Å². The fraction of sp³-hybridized carbons (Fsp3) is 0.875. The predicted molar refractivity (Wildman–Crippen MR) is 47.8 cm³/mol. The summed E-state index contributed by atoms with van der Waals surface area (Å²) in [6.45, 7) is 5.64. The molecule has 1 aliphatic heterocycles. The second-order valence-corrected chi connectivity index (χ2v) is 3.29. The first-order valence-electron chi connectivity index (χ1n) is 4.12. The average molecular weight is 155 g/mol. The van der Waals surface area contributed by atoms with E-state index in [0.29, 0.717) is 0 Å². The second kappa shape index (κ2) is 3.72. The van der Waals surface area contributed by atoms with Gasteiger partial charge in [-0.25, -0.2) is 0 Å². The summed E-state index contributed by atoms with van der Waals surface area (Å²) in [6.07, 6.45) is 2.43. The van der Waals surface area contributed by atoms with Gasteiger partial charge in [-0.3, -0.25) is 5.01 Å². The molecule has 0 saturated carbocycles. The molecular weight excluding hydrogens is 138 g/mol. The summed E-state index contributed by atoms with van der Waals surface area (Å²) < 4.78 is 0. The molecule has 0 amide bonds. The topological polar surface area (TPSA) is 18.8 Å². The maximum atomic E-state index is 3.91. The molecule has 1 rings (SSSR count). The molecule has 3 nitrogen and oxygen atoms in total. The van der Waals surface area contributed by atoms with E-state index < -0.39 is 0 Å². The minimum absolute atomic E-state index is 0.744. The van der Waals surface area contributed by atoms with E-state index in [-0.39, 0.29) is 0 Å². The molecule has 1 fully saturated rings. The standard InChI is InChI=1S/C8H17N3/c1-9-11-6-4-8(5-7-11)10(2)3/h8H,1,4-7H2,2-3H3. The molecule has 3 heteroatoms. The third-order valence-corrected chi connectivity index (χ3v) is 2.37. The Bertz CT molecular complexity index is 125. The third-order valence-electron chi connectivity index (χ3n) is 2.37. The van der Waals surface area contributed by atoms with Crippen LogP contribution >= 0.6 is 0 Å². The fourth-order valence-electron chi connectivity index (χ4n) is 1.51. The molecule has 0 atom stereocenters. The van der Waals surface area contributed by atoms with Gasteiger partial charge in [-0.2, -0.15) is 5.10 Å². The van der Waals surface area contributed by atoms with Gasteiger partial charge < -0.3 is 4.90 Å². The largest absolute Gasteiger partial charge is 0.306 e. The van der Waals surface area contributed by atoms with E-state index in [4.69, 9.17) is 0 Å². The molecule has 0 bridgehead atoms. The van der Waals surface area contributed by atoms with Gasteiger partial charge in [-0.15, -0.1) is 0 Å². The van der Waals surface area contributed by atoms with Gasteiger partial charge in [0.1, 0.15) is 0 Å². The van der Waals surface area contributed by atoms with Crippen LogP contribution in [0.2, 0.25) is 0 Å². The molecule has 0 aliphatic carbocycles. The number of piperidine rings is 1. The van der Waals surface area contributed by atoms with Gasteiger partial charge >= 0.3 is 0 Å². The van der Waals surface area contributed by atoms with Crippen molar-refractivity contribution in [3.63, 3.8) is 0 Å². The van der Waals surface area contributed by atoms with Crippen LogP contribution in [0.5, 0.6) is 0 Å². The highest BCUT2D eigenvalue weighted by Crippen LogP contribution is 2.13. The van der Waals surface area contributed by atoms with Crippen LogP contribution in [0.4, 0.5) is 0 Å². The first-order valence-corrected chi connectivity index (χ1v) is 4.12. The Balaban J connectivity index is 2.29. The molecule has 0 aromatic carbocycles. The van der Waals surface area contributed by atoms with Crippen LogP contribution in [-0.2, 0) is 0 Å². The number of hydrogen-bond acceptors (Lipinski definition) is 3. The zero-order valence-electron chi connectivity index (χ0n) is 7.45. The number of hydrazone groups is 1.